The number of allylic oxidation sites excluding steroid dienone is 4. The second-order valence-corrected chi connectivity index (χ2v) is 26.3. The van der Waals surface area contributed by atoms with Crippen LogP contribution in [0.4, 0.5) is 0 Å². The van der Waals surface area contributed by atoms with E-state index in [0.29, 0.717) is 29.8 Å². The van der Waals surface area contributed by atoms with Gasteiger partial charge >= 0.3 is 0 Å². The third-order valence-electron chi connectivity index (χ3n) is 12.6. The molecule has 7 rings (SSSR count). The van der Waals surface area contributed by atoms with E-state index in [0.717, 1.165) is 91.6 Å². The third-order valence-corrected chi connectivity index (χ3v) is 19.6. The van der Waals surface area contributed by atoms with Crippen LogP contribution in [-0.4, -0.2) is 27.0 Å². The summed E-state index contributed by atoms with van der Waals surface area (Å²) >= 11 is 1.95. The molecular weight excluding hydrogens is 909 g/mol. The quantitative estimate of drug-likeness (QED) is 0.0774. The predicted molar refractivity (Wildman–Crippen MR) is 306 cm³/mol. The Hall–Kier alpha value is -7.67. The van der Waals surface area contributed by atoms with E-state index < -0.39 is 8.07 Å². The van der Waals surface area contributed by atoms with E-state index in [9.17, 15) is 0 Å². The van der Waals surface area contributed by atoms with E-state index in [1.807, 2.05) is 109 Å². The minimum Gasteiger partial charge on any atom is -0.492 e. The monoisotopic (exact) mass is 970 g/mol. The Morgan fingerprint density at radius 1 is 0.486 bits per heavy atom. The van der Waals surface area contributed by atoms with Crippen molar-refractivity contribution in [2.24, 2.45) is 0 Å². The van der Waals surface area contributed by atoms with E-state index in [1.165, 1.54) is 16.7 Å². The smallest absolute Gasteiger partial charge is 0.136 e. The standard InChI is InChI=1S/C68H62O2SSi/c1-9-45-69-66-51-64(67(70-46-10-2)50-63(66)41-34-58-25-23-56(24-26-58)22-21-55-19-17-54(18-20-55)16-15-53-13-11-12-14-53)42-35-59-29-27-57(28-30-59)33-39-62-40-36-61(49-52(62)3)32-31-60-37-43-65(44-38-60)71-47-48-72(7,8)68(4,5)6/h11-13,17-20,23-30,36-38,40,43-44,49-51H,9-10,14,45-48H2,1-8H3. The first-order valence-corrected chi connectivity index (χ1v) is 29.1. The molecule has 0 bridgehead atoms. The fraction of sp³-hybridized carbons (Fsp3) is 0.235. The molecule has 0 aromatic heterocycles. The molecule has 0 amide bonds. The first-order chi connectivity index (χ1) is 34.8. The van der Waals surface area contributed by atoms with Crippen molar-refractivity contribution in [1.82, 2.24) is 0 Å². The zero-order valence-electron chi connectivity index (χ0n) is 43.0. The molecule has 6 aromatic carbocycles. The molecule has 0 N–H and O–H groups in total. The van der Waals surface area contributed by atoms with Gasteiger partial charge in [0, 0.05) is 72.7 Å². The van der Waals surface area contributed by atoms with Gasteiger partial charge in [-0.2, -0.15) is 0 Å². The number of hydrogen-bond donors (Lipinski definition) is 0. The highest BCUT2D eigenvalue weighted by Gasteiger charge is 2.34. The lowest BCUT2D eigenvalue weighted by Gasteiger charge is -2.37. The molecule has 6 aromatic rings. The third kappa shape index (κ3) is 15.7. The molecule has 1 aliphatic rings. The maximum atomic E-state index is 6.24. The number of ether oxygens (including phenoxy) is 2. The Morgan fingerprint density at radius 2 is 0.875 bits per heavy atom. The van der Waals surface area contributed by atoms with Crippen molar-refractivity contribution in [3.05, 3.63) is 218 Å². The van der Waals surface area contributed by atoms with E-state index in [4.69, 9.17) is 9.47 Å². The van der Waals surface area contributed by atoms with Gasteiger partial charge in [0.05, 0.1) is 32.4 Å². The van der Waals surface area contributed by atoms with Crippen LogP contribution in [0.1, 0.15) is 121 Å². The molecule has 2 nitrogen and oxygen atoms in total. The first-order valence-electron chi connectivity index (χ1n) is 24.9. The topological polar surface area (TPSA) is 18.5 Å². The number of benzene rings is 6. The summed E-state index contributed by atoms with van der Waals surface area (Å²) in [6.07, 6.45) is 8.86. The van der Waals surface area contributed by atoms with Gasteiger partial charge in [-0.3, -0.25) is 0 Å². The van der Waals surface area contributed by atoms with Crippen LogP contribution in [0, 0.1) is 78.0 Å². The fourth-order valence-corrected chi connectivity index (χ4v) is 10.8. The minimum absolute atomic E-state index is 0.423. The summed E-state index contributed by atoms with van der Waals surface area (Å²) < 4.78 is 12.5. The Labute approximate surface area is 436 Å². The van der Waals surface area contributed by atoms with Crippen molar-refractivity contribution in [2.45, 2.75) is 89.9 Å². The summed E-state index contributed by atoms with van der Waals surface area (Å²) in [5, 5.41) is 0.423. The summed E-state index contributed by atoms with van der Waals surface area (Å²) in [4.78, 5) is 1.31. The highest BCUT2D eigenvalue weighted by Crippen LogP contribution is 2.40. The summed E-state index contributed by atoms with van der Waals surface area (Å²) in [6, 6.07) is 44.1. The molecule has 1 aliphatic carbocycles. The van der Waals surface area contributed by atoms with Crippen molar-refractivity contribution in [3.63, 3.8) is 0 Å². The van der Waals surface area contributed by atoms with Crippen LogP contribution in [0.5, 0.6) is 11.5 Å². The molecule has 0 atom stereocenters. The maximum Gasteiger partial charge on any atom is 0.136 e. The van der Waals surface area contributed by atoms with E-state index >= 15 is 0 Å². The molecule has 0 saturated heterocycles. The molecule has 356 valence electrons. The SMILES string of the molecule is CCCOc1cc(C#Cc2ccc(C#Cc3ccc(C#Cc4ccc(SCC[Si](C)(C)C(C)(C)C)cc4)cc3C)cc2)c(OCCC)cc1C#Cc1ccc(C#Cc2ccc(C#CC3=CC=CC3)cc2)cc1. The Morgan fingerprint density at radius 3 is 1.28 bits per heavy atom. The summed E-state index contributed by atoms with van der Waals surface area (Å²) in [7, 11) is -1.26. The van der Waals surface area contributed by atoms with Crippen LogP contribution < -0.4 is 9.47 Å². The maximum absolute atomic E-state index is 6.24. The number of aryl methyl sites for hydroxylation is 1. The molecule has 4 heteroatoms. The van der Waals surface area contributed by atoms with Gasteiger partial charge in [0.2, 0.25) is 0 Å². The lowest BCUT2D eigenvalue weighted by atomic mass is 10.0. The van der Waals surface area contributed by atoms with Gasteiger partial charge in [0.25, 0.3) is 0 Å². The lowest BCUT2D eigenvalue weighted by Crippen LogP contribution is -2.37. The average Bonchev–Trinajstić information content (AvgIpc) is 3.91. The van der Waals surface area contributed by atoms with E-state index in [-0.39, 0.29) is 0 Å². The Bertz CT molecular complexity index is 3330. The van der Waals surface area contributed by atoms with Gasteiger partial charge in [-0.25, -0.2) is 0 Å². The summed E-state index contributed by atoms with van der Waals surface area (Å²) in [5.74, 6) is 42.3. The number of thioether (sulfide) groups is 1. The highest BCUT2D eigenvalue weighted by atomic mass is 32.2. The fourth-order valence-electron chi connectivity index (χ4n) is 7.04. The number of rotatable bonds is 10. The zero-order chi connectivity index (χ0) is 50.8. The van der Waals surface area contributed by atoms with Crippen LogP contribution in [0.15, 0.2) is 156 Å². The molecule has 72 heavy (non-hydrogen) atoms. The lowest BCUT2D eigenvalue weighted by molar-refractivity contribution is 0.307. The van der Waals surface area contributed by atoms with Crippen molar-refractivity contribution < 1.29 is 9.47 Å². The van der Waals surface area contributed by atoms with Gasteiger partial charge < -0.3 is 9.47 Å². The zero-order valence-corrected chi connectivity index (χ0v) is 44.8. The second-order valence-electron chi connectivity index (χ2n) is 19.4. The van der Waals surface area contributed by atoms with Crippen molar-refractivity contribution in [1.29, 1.82) is 0 Å². The van der Waals surface area contributed by atoms with Gasteiger partial charge in [-0.1, -0.05) is 137 Å². The molecule has 0 aliphatic heterocycles. The molecule has 0 unspecified atom stereocenters. The first kappa shape index (κ1) is 52.2. The predicted octanol–water partition coefficient (Wildman–Crippen LogP) is 15.4. The highest BCUT2D eigenvalue weighted by molar-refractivity contribution is 7.99. The van der Waals surface area contributed by atoms with Crippen LogP contribution in [0.25, 0.3) is 0 Å². The van der Waals surface area contributed by atoms with Crippen LogP contribution in [0.2, 0.25) is 24.2 Å². The van der Waals surface area contributed by atoms with Crippen LogP contribution in [-0.2, 0) is 0 Å². The van der Waals surface area contributed by atoms with Gasteiger partial charge in [-0.05, 0) is 164 Å². The Kier molecular flexibility index (Phi) is 18.4. The molecule has 0 fully saturated rings. The second kappa shape index (κ2) is 25.4. The normalized spacial score (nSPS) is 11.3. The largest absolute Gasteiger partial charge is 0.492 e. The summed E-state index contributed by atoms with van der Waals surface area (Å²) in [5.41, 5.74) is 12.2. The minimum atomic E-state index is -1.26. The molecule has 0 saturated carbocycles. The molecular formula is C68H62O2SSi. The summed E-state index contributed by atoms with van der Waals surface area (Å²) in [6.45, 7) is 19.6. The average molecular weight is 971 g/mol. The van der Waals surface area contributed by atoms with Gasteiger partial charge in [-0.15, -0.1) is 11.8 Å². The Balaban J connectivity index is 0.983. The van der Waals surface area contributed by atoms with Crippen LogP contribution in [0.3, 0.4) is 0 Å². The van der Waals surface area contributed by atoms with Gasteiger partial charge in [0.1, 0.15) is 11.5 Å². The molecule has 0 heterocycles. The van der Waals surface area contributed by atoms with Crippen LogP contribution >= 0.6 is 11.8 Å². The van der Waals surface area contributed by atoms with Crippen molar-refractivity contribution in [2.75, 3.05) is 19.0 Å². The van der Waals surface area contributed by atoms with Crippen molar-refractivity contribution in [3.8, 4) is 82.5 Å². The molecule has 0 radical (unpaired) electrons. The number of hydrogen-bond acceptors (Lipinski definition) is 3. The van der Waals surface area contributed by atoms with E-state index in [1.54, 1.807) is 0 Å². The van der Waals surface area contributed by atoms with E-state index in [2.05, 4.69) is 174 Å². The van der Waals surface area contributed by atoms with Crippen molar-refractivity contribution >= 4 is 19.8 Å². The molecule has 0 spiro atoms. The van der Waals surface area contributed by atoms with Gasteiger partial charge in [0.15, 0.2) is 0 Å².